The molecule has 6 amide bonds. The van der Waals surface area contributed by atoms with Gasteiger partial charge in [0.15, 0.2) is 5.82 Å². The van der Waals surface area contributed by atoms with Crippen LogP contribution in [0.1, 0.15) is 109 Å². The third kappa shape index (κ3) is 9.01. The number of aliphatic hydroxyl groups is 1. The van der Waals surface area contributed by atoms with Crippen molar-refractivity contribution < 1.29 is 33.9 Å². The second-order valence-electron chi connectivity index (χ2n) is 22.7. The average Bonchev–Trinajstić information content (AvgIpc) is 4.04. The van der Waals surface area contributed by atoms with Crippen molar-refractivity contribution in [1.82, 2.24) is 34.1 Å². The van der Waals surface area contributed by atoms with Gasteiger partial charge in [-0.3, -0.25) is 48.7 Å². The lowest BCUT2D eigenvalue weighted by Gasteiger charge is -2.48. The number of aromatic nitrogens is 3. The Bertz CT molecular complexity index is 3150. The van der Waals surface area contributed by atoms with Gasteiger partial charge in [0.25, 0.3) is 23.3 Å². The molecule has 0 radical (unpaired) electrons. The first kappa shape index (κ1) is 50.8. The maximum absolute atomic E-state index is 14.2. The van der Waals surface area contributed by atoms with Gasteiger partial charge in [0.1, 0.15) is 17.6 Å². The van der Waals surface area contributed by atoms with Gasteiger partial charge < -0.3 is 44.5 Å². The minimum absolute atomic E-state index is 0.00989. The summed E-state index contributed by atoms with van der Waals surface area (Å²) in [7, 11) is 1.67. The molecule has 76 heavy (non-hydrogen) atoms. The van der Waals surface area contributed by atoms with Crippen LogP contribution in [0.4, 0.5) is 34.4 Å². The lowest BCUT2D eigenvalue weighted by molar-refractivity contribution is -0.136. The summed E-state index contributed by atoms with van der Waals surface area (Å²) in [5.41, 5.74) is 6.35. The first-order valence-corrected chi connectivity index (χ1v) is 26.9. The highest BCUT2D eigenvalue weighted by atomic mass is 16.3. The quantitative estimate of drug-likeness (QED) is 0.123. The summed E-state index contributed by atoms with van der Waals surface area (Å²) in [6, 6.07) is 11.8. The molecular formula is C56H68N12O8. The number of piperazine rings is 1. The highest BCUT2D eigenvalue weighted by Gasteiger charge is 2.46. The number of fused-ring (bicyclic) bond motifs is 4. The summed E-state index contributed by atoms with van der Waals surface area (Å²) >= 11 is 0. The number of hydrogen-bond donors (Lipinski definition) is 4. The van der Waals surface area contributed by atoms with Crippen LogP contribution < -0.4 is 36.2 Å². The Labute approximate surface area is 441 Å². The molecule has 6 atom stereocenters. The zero-order valence-electron chi connectivity index (χ0n) is 44.0. The van der Waals surface area contributed by atoms with Crippen molar-refractivity contribution in [3.8, 4) is 0 Å². The standard InChI is InChI=1S/C56H68N12O8/c1-7-48(70)58-40-25-35(57-50-55(76)61(6)30-47(59-50)66-17-8-9-42(46(66)31-69)67-22-21-65-44(54(67)75)24-34-27-56(4,5)28-45(34)65)10-13-41(40)64-20-19-62(29-33(64)3)36-16-18-63(32(2)23-36)37-11-12-38-39(26-37)53(74)68(52(38)73)43-14-15-49(71)60-51(43)72/h7,10-13,24-26,30,32-33,36,42-43,46,69H,1,8-9,14-23,27-29,31H2,2-6H3,(H,57,59)(H,58,70)(H,60,71,72)/t32-,33-,36?,42?,43?,46?/m0/s1. The first-order chi connectivity index (χ1) is 36.4. The van der Waals surface area contributed by atoms with Gasteiger partial charge in [-0.25, -0.2) is 4.98 Å². The summed E-state index contributed by atoms with van der Waals surface area (Å²) in [5.74, 6) is -1.90. The fourth-order valence-corrected chi connectivity index (χ4v) is 13.4. The summed E-state index contributed by atoms with van der Waals surface area (Å²) in [4.78, 5) is 109. The van der Waals surface area contributed by atoms with Crippen LogP contribution in [0.15, 0.2) is 66.1 Å². The van der Waals surface area contributed by atoms with E-state index in [9.17, 15) is 38.7 Å². The third-order valence-electron chi connectivity index (χ3n) is 17.1. The van der Waals surface area contributed by atoms with E-state index in [1.807, 2.05) is 28.0 Å². The Kier molecular flexibility index (Phi) is 13.2. The number of benzene rings is 2. The van der Waals surface area contributed by atoms with Crippen molar-refractivity contribution in [2.45, 2.75) is 122 Å². The van der Waals surface area contributed by atoms with Crippen molar-refractivity contribution in [3.63, 3.8) is 0 Å². The van der Waals surface area contributed by atoms with E-state index in [2.05, 4.69) is 75.6 Å². The van der Waals surface area contributed by atoms with Crippen LogP contribution in [-0.2, 0) is 40.8 Å². The molecule has 2 aromatic heterocycles. The van der Waals surface area contributed by atoms with Crippen molar-refractivity contribution in [1.29, 1.82) is 0 Å². The number of nitrogens with one attached hydrogen (secondary N) is 3. The van der Waals surface area contributed by atoms with Crippen LogP contribution in [0.3, 0.4) is 0 Å². The lowest BCUT2D eigenvalue weighted by atomic mass is 9.90. The Morgan fingerprint density at radius 1 is 0.855 bits per heavy atom. The monoisotopic (exact) mass is 1040 g/mol. The number of amides is 6. The number of hydrogen-bond acceptors (Lipinski definition) is 14. The molecule has 7 aliphatic rings. The fourth-order valence-electron chi connectivity index (χ4n) is 13.4. The topological polar surface area (TPSA) is 218 Å². The predicted octanol–water partition coefficient (Wildman–Crippen LogP) is 4.03. The van der Waals surface area contributed by atoms with Crippen LogP contribution in [0, 0.1) is 5.41 Å². The van der Waals surface area contributed by atoms with E-state index in [4.69, 9.17) is 4.98 Å². The highest BCUT2D eigenvalue weighted by molar-refractivity contribution is 6.23. The van der Waals surface area contributed by atoms with Gasteiger partial charge in [-0.1, -0.05) is 20.4 Å². The molecule has 20 heteroatoms. The van der Waals surface area contributed by atoms with Crippen LogP contribution >= 0.6 is 0 Å². The Balaban J connectivity index is 0.755. The smallest absolute Gasteiger partial charge is 0.293 e. The lowest BCUT2D eigenvalue weighted by Crippen LogP contribution is -2.60. The first-order valence-electron chi connectivity index (χ1n) is 26.9. The number of carbonyl (C=O) groups excluding carboxylic acids is 6. The molecule has 4 aromatic rings. The van der Waals surface area contributed by atoms with Gasteiger partial charge in [0.2, 0.25) is 17.7 Å². The molecule has 4 saturated heterocycles. The summed E-state index contributed by atoms with van der Waals surface area (Å²) in [5, 5.41) is 19.5. The van der Waals surface area contributed by atoms with E-state index >= 15 is 0 Å². The van der Waals surface area contributed by atoms with Gasteiger partial charge in [-0.2, -0.15) is 0 Å². The molecule has 0 spiro atoms. The van der Waals surface area contributed by atoms with Gasteiger partial charge in [-0.05, 0) is 118 Å². The number of aliphatic hydroxyl groups excluding tert-OH is 1. The molecule has 2 aromatic carbocycles. The molecule has 4 unspecified atom stereocenters. The van der Waals surface area contributed by atoms with Crippen LogP contribution in [0.5, 0.6) is 0 Å². The summed E-state index contributed by atoms with van der Waals surface area (Å²) in [6.45, 7) is 17.2. The van der Waals surface area contributed by atoms with Gasteiger partial charge in [0.05, 0.1) is 41.2 Å². The zero-order chi connectivity index (χ0) is 53.5. The van der Waals surface area contributed by atoms with Crippen LogP contribution in [0.25, 0.3) is 0 Å². The molecule has 0 bridgehead atoms. The number of piperidine rings is 3. The molecule has 11 rings (SSSR count). The van der Waals surface area contributed by atoms with E-state index < -0.39 is 35.7 Å². The normalized spacial score (nSPS) is 25.6. The molecule has 4 N–H and O–H groups in total. The second-order valence-corrected chi connectivity index (χ2v) is 22.7. The predicted molar refractivity (Wildman–Crippen MR) is 287 cm³/mol. The van der Waals surface area contributed by atoms with Crippen molar-refractivity contribution in [2.75, 3.05) is 71.2 Å². The maximum Gasteiger partial charge on any atom is 0.293 e. The van der Waals surface area contributed by atoms with Crippen LogP contribution in [0.2, 0.25) is 0 Å². The zero-order valence-corrected chi connectivity index (χ0v) is 44.0. The van der Waals surface area contributed by atoms with E-state index in [0.717, 1.165) is 80.1 Å². The molecule has 400 valence electrons. The minimum Gasteiger partial charge on any atom is -0.394 e. The number of aryl methyl sites for hydroxylation is 1. The number of carbonyl (C=O) groups is 6. The van der Waals surface area contributed by atoms with Crippen molar-refractivity contribution >= 4 is 69.8 Å². The molecule has 4 fully saturated rings. The van der Waals surface area contributed by atoms with E-state index in [1.165, 1.54) is 21.9 Å². The van der Waals surface area contributed by atoms with Crippen molar-refractivity contribution in [2.24, 2.45) is 12.5 Å². The van der Waals surface area contributed by atoms with E-state index in [0.29, 0.717) is 49.4 Å². The van der Waals surface area contributed by atoms with Crippen LogP contribution in [-0.4, -0.2) is 151 Å². The highest BCUT2D eigenvalue weighted by Crippen LogP contribution is 2.41. The number of rotatable bonds is 11. The van der Waals surface area contributed by atoms with E-state index in [-0.39, 0.29) is 77.3 Å². The summed E-state index contributed by atoms with van der Waals surface area (Å²) in [6.07, 6.45) is 8.23. The SMILES string of the molecule is C=CC(=O)Nc1cc(Nc2nc(N3CCCC(N4CCn5c(cc6c5CC(C)(C)C6)C4=O)C3CO)cn(C)c2=O)ccc1N1CCN(C2CCN(c3ccc4c(c3)C(=O)N(C3CCC(=O)NC3=O)C4=O)[C@@H](C)C2)C[C@@H]1C. The fraction of sp³-hybridized carbons (Fsp3) is 0.500. The molecular weight excluding hydrogens is 969 g/mol. The molecule has 8 heterocycles. The third-order valence-corrected chi connectivity index (χ3v) is 17.1. The molecule has 6 aliphatic heterocycles. The average molecular weight is 1040 g/mol. The van der Waals surface area contributed by atoms with E-state index in [1.54, 1.807) is 31.4 Å². The van der Waals surface area contributed by atoms with Gasteiger partial charge in [0, 0.05) is 101 Å². The number of anilines is 6. The number of nitrogens with zero attached hydrogens (tertiary/aromatic N) is 9. The molecule has 0 saturated carbocycles. The maximum atomic E-state index is 14.2. The Morgan fingerprint density at radius 3 is 2.39 bits per heavy atom. The Hall–Kier alpha value is -7.32. The van der Waals surface area contributed by atoms with Gasteiger partial charge >= 0.3 is 0 Å². The van der Waals surface area contributed by atoms with Gasteiger partial charge in [-0.15, -0.1) is 0 Å². The molecule has 1 aliphatic carbocycles. The Morgan fingerprint density at radius 2 is 1.64 bits per heavy atom. The number of imide groups is 2. The summed E-state index contributed by atoms with van der Waals surface area (Å²) < 4.78 is 3.68. The minimum atomic E-state index is -1.02. The largest absolute Gasteiger partial charge is 0.394 e. The molecule has 20 nitrogen and oxygen atoms in total. The second kappa shape index (κ2) is 19.7. The van der Waals surface area contributed by atoms with Crippen molar-refractivity contribution in [3.05, 3.63) is 99.7 Å².